The quantitative estimate of drug-likeness (QED) is 0.916. The number of rotatable bonds is 3. The van der Waals surface area contributed by atoms with Gasteiger partial charge in [-0.2, -0.15) is 0 Å². The van der Waals surface area contributed by atoms with Crippen LogP contribution < -0.4 is 5.32 Å². The fraction of sp³-hybridized carbons (Fsp3) is 0.278. The van der Waals surface area contributed by atoms with Crippen molar-refractivity contribution < 1.29 is 14.6 Å². The van der Waals surface area contributed by atoms with Gasteiger partial charge >= 0.3 is 6.03 Å². The molecule has 2 N–H and O–H groups in total. The van der Waals surface area contributed by atoms with E-state index in [9.17, 15) is 9.90 Å². The van der Waals surface area contributed by atoms with Crippen molar-refractivity contribution in [3.8, 4) is 5.75 Å². The molecular formula is C18H20N2O3. The van der Waals surface area contributed by atoms with Gasteiger partial charge in [0.05, 0.1) is 13.2 Å². The first kappa shape index (κ1) is 15.4. The Morgan fingerprint density at radius 3 is 2.57 bits per heavy atom. The number of hydrogen-bond acceptors (Lipinski definition) is 3. The molecule has 3 rings (SSSR count). The van der Waals surface area contributed by atoms with Crippen LogP contribution in [0.15, 0.2) is 48.5 Å². The third kappa shape index (κ3) is 4.23. The van der Waals surface area contributed by atoms with Crippen LogP contribution in [-0.2, 0) is 11.2 Å². The van der Waals surface area contributed by atoms with Crippen molar-refractivity contribution in [2.75, 3.05) is 31.6 Å². The van der Waals surface area contributed by atoms with E-state index < -0.39 is 0 Å². The van der Waals surface area contributed by atoms with Gasteiger partial charge in [-0.1, -0.05) is 30.3 Å². The molecule has 2 aromatic carbocycles. The fourth-order valence-corrected chi connectivity index (χ4v) is 2.65. The third-order valence-corrected chi connectivity index (χ3v) is 3.78. The Kier molecular flexibility index (Phi) is 4.78. The average molecular weight is 312 g/mol. The maximum absolute atomic E-state index is 12.2. The molecule has 23 heavy (non-hydrogen) atoms. The van der Waals surface area contributed by atoms with Crippen molar-refractivity contribution in [3.63, 3.8) is 0 Å². The summed E-state index contributed by atoms with van der Waals surface area (Å²) in [6, 6.07) is 15.0. The van der Waals surface area contributed by atoms with Crippen LogP contribution in [0.5, 0.6) is 5.75 Å². The van der Waals surface area contributed by atoms with Crippen LogP contribution in [0, 0.1) is 0 Å². The minimum absolute atomic E-state index is 0.149. The van der Waals surface area contributed by atoms with E-state index in [0.717, 1.165) is 11.1 Å². The first-order chi connectivity index (χ1) is 11.2. The fourth-order valence-electron chi connectivity index (χ4n) is 2.65. The lowest BCUT2D eigenvalue weighted by molar-refractivity contribution is 0.0564. The molecule has 0 bridgehead atoms. The molecule has 0 aromatic heterocycles. The van der Waals surface area contributed by atoms with Gasteiger partial charge in [0.2, 0.25) is 0 Å². The van der Waals surface area contributed by atoms with Crippen LogP contribution in [-0.4, -0.2) is 42.3 Å². The summed E-state index contributed by atoms with van der Waals surface area (Å²) in [5.41, 5.74) is 2.71. The van der Waals surface area contributed by atoms with Crippen molar-refractivity contribution >= 4 is 11.7 Å². The first-order valence-electron chi connectivity index (χ1n) is 7.71. The summed E-state index contributed by atoms with van der Waals surface area (Å²) >= 11 is 0. The number of benzene rings is 2. The van der Waals surface area contributed by atoms with Gasteiger partial charge < -0.3 is 20.1 Å². The molecule has 0 saturated carbocycles. The Balaban J connectivity index is 1.71. The minimum atomic E-state index is -0.162. The SMILES string of the molecule is O=C(Nc1cc(O)cc(Cc2ccccc2)c1)N1CCOCC1. The monoisotopic (exact) mass is 312 g/mol. The highest BCUT2D eigenvalue weighted by atomic mass is 16.5. The lowest BCUT2D eigenvalue weighted by atomic mass is 10.0. The highest BCUT2D eigenvalue weighted by Crippen LogP contribution is 2.22. The molecule has 5 nitrogen and oxygen atoms in total. The second kappa shape index (κ2) is 7.15. The Morgan fingerprint density at radius 2 is 1.83 bits per heavy atom. The summed E-state index contributed by atoms with van der Waals surface area (Å²) in [7, 11) is 0. The van der Waals surface area contributed by atoms with Crippen molar-refractivity contribution in [2.24, 2.45) is 0 Å². The van der Waals surface area contributed by atoms with Gasteiger partial charge in [0.25, 0.3) is 0 Å². The predicted octanol–water partition coefficient (Wildman–Crippen LogP) is 2.85. The molecule has 1 heterocycles. The van der Waals surface area contributed by atoms with E-state index in [1.165, 1.54) is 0 Å². The number of carbonyl (C=O) groups is 1. The molecule has 0 radical (unpaired) electrons. The first-order valence-corrected chi connectivity index (χ1v) is 7.71. The van der Waals surface area contributed by atoms with Gasteiger partial charge in [-0.05, 0) is 29.7 Å². The van der Waals surface area contributed by atoms with Crippen LogP contribution in [0.2, 0.25) is 0 Å². The summed E-state index contributed by atoms with van der Waals surface area (Å²) in [6.45, 7) is 2.29. The topological polar surface area (TPSA) is 61.8 Å². The number of anilines is 1. The molecule has 0 atom stereocenters. The highest BCUT2D eigenvalue weighted by Gasteiger charge is 2.17. The number of ether oxygens (including phenoxy) is 1. The summed E-state index contributed by atoms with van der Waals surface area (Å²) < 4.78 is 5.24. The van der Waals surface area contributed by atoms with Crippen molar-refractivity contribution in [3.05, 3.63) is 59.7 Å². The molecule has 1 aliphatic rings. The van der Waals surface area contributed by atoms with E-state index in [0.29, 0.717) is 38.4 Å². The zero-order valence-electron chi connectivity index (χ0n) is 12.9. The van der Waals surface area contributed by atoms with Crippen molar-refractivity contribution in [2.45, 2.75) is 6.42 Å². The smallest absolute Gasteiger partial charge is 0.322 e. The van der Waals surface area contributed by atoms with Gasteiger partial charge in [0.15, 0.2) is 0 Å². The van der Waals surface area contributed by atoms with E-state index in [2.05, 4.69) is 5.32 Å². The van der Waals surface area contributed by atoms with Gasteiger partial charge in [-0.3, -0.25) is 0 Å². The van der Waals surface area contributed by atoms with Crippen LogP contribution in [0.25, 0.3) is 0 Å². The molecule has 120 valence electrons. The molecule has 2 aromatic rings. The van der Waals surface area contributed by atoms with Gasteiger partial charge in [0.1, 0.15) is 5.75 Å². The van der Waals surface area contributed by atoms with Gasteiger partial charge in [0, 0.05) is 24.8 Å². The van der Waals surface area contributed by atoms with E-state index in [-0.39, 0.29) is 11.8 Å². The van der Waals surface area contributed by atoms with Crippen LogP contribution in [0.4, 0.5) is 10.5 Å². The maximum Gasteiger partial charge on any atom is 0.322 e. The zero-order valence-corrected chi connectivity index (χ0v) is 12.9. The maximum atomic E-state index is 12.2. The van der Waals surface area contributed by atoms with Crippen LogP contribution in [0.1, 0.15) is 11.1 Å². The number of amides is 2. The largest absolute Gasteiger partial charge is 0.508 e. The third-order valence-electron chi connectivity index (χ3n) is 3.78. The van der Waals surface area contributed by atoms with E-state index in [1.54, 1.807) is 17.0 Å². The lowest BCUT2D eigenvalue weighted by Gasteiger charge is -2.27. The van der Waals surface area contributed by atoms with Gasteiger partial charge in [-0.15, -0.1) is 0 Å². The van der Waals surface area contributed by atoms with E-state index in [1.807, 2.05) is 36.4 Å². The lowest BCUT2D eigenvalue weighted by Crippen LogP contribution is -2.43. The zero-order chi connectivity index (χ0) is 16.1. The molecule has 1 saturated heterocycles. The van der Waals surface area contributed by atoms with Crippen molar-refractivity contribution in [1.82, 2.24) is 4.90 Å². The predicted molar refractivity (Wildman–Crippen MR) is 88.8 cm³/mol. The molecule has 0 spiro atoms. The Morgan fingerprint density at radius 1 is 1.09 bits per heavy atom. The number of morpholine rings is 1. The second-order valence-corrected chi connectivity index (χ2v) is 5.58. The number of aromatic hydroxyl groups is 1. The van der Waals surface area contributed by atoms with Crippen molar-refractivity contribution in [1.29, 1.82) is 0 Å². The van der Waals surface area contributed by atoms with Crippen LogP contribution >= 0.6 is 0 Å². The number of hydrogen-bond donors (Lipinski definition) is 2. The summed E-state index contributed by atoms with van der Waals surface area (Å²) in [5.74, 6) is 0.149. The summed E-state index contributed by atoms with van der Waals surface area (Å²) in [4.78, 5) is 13.9. The molecule has 0 aliphatic carbocycles. The number of phenolic OH excluding ortho intramolecular Hbond substituents is 1. The molecule has 5 heteroatoms. The molecule has 1 aliphatic heterocycles. The number of urea groups is 1. The molecular weight excluding hydrogens is 292 g/mol. The standard InChI is InChI=1S/C18H20N2O3/c21-17-12-15(10-14-4-2-1-3-5-14)11-16(13-17)19-18(22)20-6-8-23-9-7-20/h1-5,11-13,21H,6-10H2,(H,19,22). The average Bonchev–Trinajstić information content (AvgIpc) is 2.56. The Bertz CT molecular complexity index is 667. The summed E-state index contributed by atoms with van der Waals surface area (Å²) in [6.07, 6.45) is 0.704. The number of nitrogens with one attached hydrogen (secondary N) is 1. The number of nitrogens with zero attached hydrogens (tertiary/aromatic N) is 1. The summed E-state index contributed by atoms with van der Waals surface area (Å²) in [5, 5.41) is 12.8. The second-order valence-electron chi connectivity index (χ2n) is 5.58. The number of carbonyl (C=O) groups excluding carboxylic acids is 1. The Hall–Kier alpha value is -2.53. The normalized spacial score (nSPS) is 14.5. The number of phenols is 1. The van der Waals surface area contributed by atoms with E-state index >= 15 is 0 Å². The van der Waals surface area contributed by atoms with Crippen LogP contribution in [0.3, 0.4) is 0 Å². The van der Waals surface area contributed by atoms with E-state index in [4.69, 9.17) is 4.74 Å². The highest BCUT2D eigenvalue weighted by molar-refractivity contribution is 5.89. The molecule has 0 unspecified atom stereocenters. The van der Waals surface area contributed by atoms with Gasteiger partial charge in [-0.25, -0.2) is 4.79 Å². The molecule has 2 amide bonds. The molecule has 1 fully saturated rings. The minimum Gasteiger partial charge on any atom is -0.508 e. The Labute approximate surface area is 135 Å².